The van der Waals surface area contributed by atoms with E-state index in [4.69, 9.17) is 4.98 Å². The molecule has 1 fully saturated rings. The van der Waals surface area contributed by atoms with E-state index in [0.29, 0.717) is 23.5 Å². The van der Waals surface area contributed by atoms with Gasteiger partial charge in [0.15, 0.2) is 0 Å². The Morgan fingerprint density at radius 3 is 2.96 bits per heavy atom. The summed E-state index contributed by atoms with van der Waals surface area (Å²) in [5.74, 6) is 1.78. The lowest BCUT2D eigenvalue weighted by molar-refractivity contribution is 0.561. The van der Waals surface area contributed by atoms with E-state index < -0.39 is 0 Å². The molecule has 0 radical (unpaired) electrons. The molecule has 0 amide bonds. The second-order valence-corrected chi connectivity index (χ2v) is 9.12. The number of thioether (sulfide) groups is 1. The number of aromatic nitrogens is 6. The van der Waals surface area contributed by atoms with Crippen molar-refractivity contribution < 1.29 is 0 Å². The second kappa shape index (κ2) is 7.11. The van der Waals surface area contributed by atoms with Crippen molar-refractivity contribution in [2.24, 2.45) is 5.92 Å². The van der Waals surface area contributed by atoms with Crippen LogP contribution < -0.4 is 5.56 Å². The van der Waals surface area contributed by atoms with Gasteiger partial charge in [-0.05, 0) is 48.1 Å². The Balaban J connectivity index is 1.59. The number of fused-ring (bicyclic) bond motifs is 1. The SMILES string of the molecule is CCC(C)Cc1c(C)sc2nc(CSc3nnnn3C3CC3)[nH]c(=O)c12. The van der Waals surface area contributed by atoms with Crippen molar-refractivity contribution in [3.63, 3.8) is 0 Å². The normalized spacial score (nSPS) is 15.7. The largest absolute Gasteiger partial charge is 0.309 e. The minimum Gasteiger partial charge on any atom is -0.309 e. The molecule has 1 unspecified atom stereocenters. The molecule has 0 saturated heterocycles. The molecular weight excluding hydrogens is 368 g/mol. The molecule has 1 N–H and O–H groups in total. The molecule has 9 heteroatoms. The van der Waals surface area contributed by atoms with Gasteiger partial charge in [-0.25, -0.2) is 9.67 Å². The van der Waals surface area contributed by atoms with Crippen LogP contribution in [-0.2, 0) is 12.2 Å². The molecule has 3 aromatic heterocycles. The molecule has 0 bridgehead atoms. The molecule has 26 heavy (non-hydrogen) atoms. The summed E-state index contributed by atoms with van der Waals surface area (Å²) in [5, 5.41) is 13.5. The standard InChI is InChI=1S/C17H22N6OS2/c1-4-9(2)7-12-10(3)26-16-14(12)15(24)18-13(19-16)8-25-17-20-21-22-23(17)11-5-6-11/h9,11H,4-8H2,1-3H3,(H,18,19,24). The van der Waals surface area contributed by atoms with E-state index in [2.05, 4.69) is 41.3 Å². The number of hydrogen-bond acceptors (Lipinski definition) is 7. The number of thiophene rings is 1. The van der Waals surface area contributed by atoms with Crippen molar-refractivity contribution in [2.45, 2.75) is 63.4 Å². The van der Waals surface area contributed by atoms with Crippen LogP contribution in [0.3, 0.4) is 0 Å². The number of nitrogens with one attached hydrogen (secondary N) is 1. The third-order valence-electron chi connectivity index (χ3n) is 4.85. The number of H-pyrrole nitrogens is 1. The van der Waals surface area contributed by atoms with E-state index >= 15 is 0 Å². The predicted molar refractivity (Wildman–Crippen MR) is 104 cm³/mol. The molecule has 3 heterocycles. The highest BCUT2D eigenvalue weighted by Gasteiger charge is 2.28. The summed E-state index contributed by atoms with van der Waals surface area (Å²) >= 11 is 3.13. The smallest absolute Gasteiger partial charge is 0.259 e. The zero-order valence-corrected chi connectivity index (χ0v) is 16.8. The minimum absolute atomic E-state index is 0.0324. The maximum Gasteiger partial charge on any atom is 0.259 e. The molecule has 138 valence electrons. The average Bonchev–Trinajstić information content (AvgIpc) is 3.27. The van der Waals surface area contributed by atoms with Gasteiger partial charge in [0.05, 0.1) is 17.2 Å². The molecule has 0 spiro atoms. The molecule has 0 aromatic carbocycles. The fraction of sp³-hybridized carbons (Fsp3) is 0.588. The van der Waals surface area contributed by atoms with Gasteiger partial charge in [-0.2, -0.15) is 0 Å². The highest BCUT2D eigenvalue weighted by atomic mass is 32.2. The maximum atomic E-state index is 12.7. The Morgan fingerprint density at radius 1 is 1.42 bits per heavy atom. The first-order valence-corrected chi connectivity index (χ1v) is 10.8. The predicted octanol–water partition coefficient (Wildman–Crippen LogP) is 3.50. The van der Waals surface area contributed by atoms with Gasteiger partial charge in [0, 0.05) is 4.88 Å². The highest BCUT2D eigenvalue weighted by Crippen LogP contribution is 2.37. The van der Waals surface area contributed by atoms with E-state index in [1.807, 2.05) is 4.68 Å². The van der Waals surface area contributed by atoms with Crippen molar-refractivity contribution in [1.82, 2.24) is 30.2 Å². The summed E-state index contributed by atoms with van der Waals surface area (Å²) in [6.45, 7) is 6.49. The van der Waals surface area contributed by atoms with E-state index in [1.54, 1.807) is 11.3 Å². The van der Waals surface area contributed by atoms with Gasteiger partial charge in [-0.3, -0.25) is 4.79 Å². The zero-order valence-electron chi connectivity index (χ0n) is 15.2. The van der Waals surface area contributed by atoms with Gasteiger partial charge in [-0.1, -0.05) is 32.0 Å². The highest BCUT2D eigenvalue weighted by molar-refractivity contribution is 7.98. The van der Waals surface area contributed by atoms with E-state index in [0.717, 1.165) is 46.6 Å². The quantitative estimate of drug-likeness (QED) is 0.621. The monoisotopic (exact) mass is 390 g/mol. The van der Waals surface area contributed by atoms with E-state index in [9.17, 15) is 4.79 Å². The third-order valence-corrected chi connectivity index (χ3v) is 6.84. The first kappa shape index (κ1) is 17.7. The molecule has 1 aliphatic rings. The lowest BCUT2D eigenvalue weighted by Crippen LogP contribution is -2.12. The van der Waals surface area contributed by atoms with Gasteiger partial charge in [0.1, 0.15) is 10.7 Å². The number of aromatic amines is 1. The topological polar surface area (TPSA) is 89.3 Å². The van der Waals surface area contributed by atoms with Crippen LogP contribution >= 0.6 is 23.1 Å². The molecule has 0 aliphatic heterocycles. The van der Waals surface area contributed by atoms with Crippen LogP contribution in [0.1, 0.15) is 55.4 Å². The second-order valence-electron chi connectivity index (χ2n) is 6.97. The summed E-state index contributed by atoms with van der Waals surface area (Å²) in [5.41, 5.74) is 1.13. The van der Waals surface area contributed by atoms with Crippen LogP contribution in [0.15, 0.2) is 9.95 Å². The summed E-state index contributed by atoms with van der Waals surface area (Å²) in [7, 11) is 0. The van der Waals surface area contributed by atoms with Gasteiger partial charge >= 0.3 is 0 Å². The van der Waals surface area contributed by atoms with Gasteiger partial charge < -0.3 is 4.98 Å². The number of tetrazole rings is 1. The van der Waals surface area contributed by atoms with Gasteiger partial charge in [-0.15, -0.1) is 16.4 Å². The van der Waals surface area contributed by atoms with Crippen LogP contribution in [0.25, 0.3) is 10.2 Å². The summed E-state index contributed by atoms with van der Waals surface area (Å²) in [6.07, 6.45) is 4.30. The number of rotatable bonds is 7. The lowest BCUT2D eigenvalue weighted by Gasteiger charge is -2.08. The average molecular weight is 391 g/mol. The van der Waals surface area contributed by atoms with Gasteiger partial charge in [0.2, 0.25) is 5.16 Å². The summed E-state index contributed by atoms with van der Waals surface area (Å²) in [4.78, 5) is 22.4. The Morgan fingerprint density at radius 2 is 2.23 bits per heavy atom. The Hall–Kier alpha value is -1.74. The van der Waals surface area contributed by atoms with Crippen LogP contribution in [0.2, 0.25) is 0 Å². The Labute approximate surface area is 159 Å². The van der Waals surface area contributed by atoms with Crippen LogP contribution in [0, 0.1) is 12.8 Å². The van der Waals surface area contributed by atoms with Crippen molar-refractivity contribution in [3.05, 3.63) is 26.6 Å². The van der Waals surface area contributed by atoms with E-state index in [1.165, 1.54) is 16.6 Å². The molecule has 4 rings (SSSR count). The summed E-state index contributed by atoms with van der Waals surface area (Å²) < 4.78 is 1.88. The van der Waals surface area contributed by atoms with Gasteiger partial charge in [0.25, 0.3) is 5.56 Å². The first-order chi connectivity index (χ1) is 12.6. The van der Waals surface area contributed by atoms with E-state index in [-0.39, 0.29) is 5.56 Å². The Kier molecular flexibility index (Phi) is 4.83. The maximum absolute atomic E-state index is 12.7. The number of hydrogen-bond donors (Lipinski definition) is 1. The molecule has 1 atom stereocenters. The molecular formula is C17H22N6OS2. The fourth-order valence-electron chi connectivity index (χ4n) is 2.99. The molecule has 1 aliphatic carbocycles. The van der Waals surface area contributed by atoms with Crippen molar-refractivity contribution in [3.8, 4) is 0 Å². The lowest BCUT2D eigenvalue weighted by atomic mass is 9.98. The van der Waals surface area contributed by atoms with Crippen LogP contribution in [0.4, 0.5) is 0 Å². The number of nitrogens with zero attached hydrogens (tertiary/aromatic N) is 5. The van der Waals surface area contributed by atoms with Crippen molar-refractivity contribution in [2.75, 3.05) is 0 Å². The van der Waals surface area contributed by atoms with Crippen molar-refractivity contribution >= 4 is 33.3 Å². The third kappa shape index (κ3) is 3.42. The first-order valence-electron chi connectivity index (χ1n) is 8.98. The fourth-order valence-corrected chi connectivity index (χ4v) is 4.88. The molecule has 3 aromatic rings. The minimum atomic E-state index is -0.0324. The number of aryl methyl sites for hydroxylation is 1. The summed E-state index contributed by atoms with van der Waals surface area (Å²) in [6, 6.07) is 0.435. The van der Waals surface area contributed by atoms with Crippen LogP contribution in [0.5, 0.6) is 0 Å². The molecule has 7 nitrogen and oxygen atoms in total. The van der Waals surface area contributed by atoms with Crippen LogP contribution in [-0.4, -0.2) is 30.2 Å². The zero-order chi connectivity index (χ0) is 18.3. The van der Waals surface area contributed by atoms with Crippen molar-refractivity contribution in [1.29, 1.82) is 0 Å². The molecule has 1 saturated carbocycles. The Bertz CT molecular complexity index is 987.